The van der Waals surface area contributed by atoms with Crippen molar-refractivity contribution in [1.29, 1.82) is 0 Å². The number of carbonyl (C=O) groups excluding carboxylic acids is 1. The topological polar surface area (TPSA) is 96.2 Å². The second-order valence-electron chi connectivity index (χ2n) is 14.0. The summed E-state index contributed by atoms with van der Waals surface area (Å²) in [5.74, 6) is -0.649. The summed E-state index contributed by atoms with van der Waals surface area (Å²) in [5, 5.41) is 35.1. The highest BCUT2D eigenvalue weighted by Crippen LogP contribution is 2.67. The third-order valence-electron chi connectivity index (χ3n) is 10.8. The molecule has 1 heterocycles. The number of ketones is 1. The van der Waals surface area contributed by atoms with Gasteiger partial charge in [0, 0.05) is 16.7 Å². The second-order valence-corrected chi connectivity index (χ2v) is 14.0. The number of fused-ring (bicyclic) bond motifs is 6. The minimum Gasteiger partial charge on any atom is -0.390 e. The molecule has 1 saturated heterocycles. The quantitative estimate of drug-likeness (QED) is 0.514. The van der Waals surface area contributed by atoms with E-state index in [1.165, 1.54) is 0 Å². The van der Waals surface area contributed by atoms with Gasteiger partial charge < -0.3 is 24.8 Å². The van der Waals surface area contributed by atoms with E-state index in [9.17, 15) is 20.1 Å². The van der Waals surface area contributed by atoms with Gasteiger partial charge in [0.2, 0.25) is 0 Å². The van der Waals surface area contributed by atoms with Crippen LogP contribution >= 0.6 is 0 Å². The number of ether oxygens (including phenoxy) is 2. The van der Waals surface area contributed by atoms with Crippen molar-refractivity contribution in [3.63, 3.8) is 0 Å². The molecule has 3 fully saturated rings. The summed E-state index contributed by atoms with van der Waals surface area (Å²) < 4.78 is 12.4. The van der Waals surface area contributed by atoms with Gasteiger partial charge in [0.05, 0.1) is 29.5 Å². The Morgan fingerprint density at radius 1 is 1.11 bits per heavy atom. The second kappa shape index (κ2) is 8.22. The van der Waals surface area contributed by atoms with Gasteiger partial charge in [0.1, 0.15) is 0 Å². The van der Waals surface area contributed by atoms with E-state index in [2.05, 4.69) is 26.8 Å². The van der Waals surface area contributed by atoms with Gasteiger partial charge in [-0.05, 0) is 94.8 Å². The van der Waals surface area contributed by atoms with Crippen LogP contribution in [0.25, 0.3) is 0 Å². The number of hydrogen-bond donors (Lipinski definition) is 3. The summed E-state index contributed by atoms with van der Waals surface area (Å²) >= 11 is 0. The molecule has 0 aromatic carbocycles. The zero-order valence-electron chi connectivity index (χ0n) is 23.1. The highest BCUT2D eigenvalue weighted by molar-refractivity contribution is 5.97. The molecule has 6 heteroatoms. The lowest BCUT2D eigenvalue weighted by molar-refractivity contribution is -0.154. The number of carbonyl (C=O) groups is 1. The molecule has 0 aromatic rings. The Kier molecular flexibility index (Phi) is 6.07. The van der Waals surface area contributed by atoms with Gasteiger partial charge >= 0.3 is 0 Å². The van der Waals surface area contributed by atoms with Crippen LogP contribution in [0.4, 0.5) is 0 Å². The standard InChI is InChI=1S/C30H46O6/c1-17(2)8-9-25(32)29(7,33)24-11-13-30(34)19-14-21(31)20-15-22-23(36-26(3,4)35-22)16-27(20,5)18(19)10-12-28(24,30)6/h10,14,17,20,22-25,32-34H,8-9,11-13,15-16H2,1-7H3/t20?,22-,23+,24?,25-,27?,28?,29-,30-/m1/s1. The van der Waals surface area contributed by atoms with Crippen LogP contribution in [0.1, 0.15) is 93.4 Å². The van der Waals surface area contributed by atoms with Crippen molar-refractivity contribution < 1.29 is 29.6 Å². The molecule has 6 nitrogen and oxygen atoms in total. The molecule has 3 N–H and O–H groups in total. The first-order valence-corrected chi connectivity index (χ1v) is 14.0. The molecule has 5 rings (SSSR count). The monoisotopic (exact) mass is 502 g/mol. The van der Waals surface area contributed by atoms with Crippen LogP contribution in [0.15, 0.2) is 23.3 Å². The van der Waals surface area contributed by atoms with Crippen LogP contribution in [0, 0.1) is 28.6 Å². The first-order valence-electron chi connectivity index (χ1n) is 14.0. The van der Waals surface area contributed by atoms with E-state index >= 15 is 0 Å². The minimum atomic E-state index is -1.33. The zero-order valence-corrected chi connectivity index (χ0v) is 23.1. The lowest BCUT2D eigenvalue weighted by Crippen LogP contribution is -2.59. The number of hydrogen-bond acceptors (Lipinski definition) is 6. The van der Waals surface area contributed by atoms with Crippen LogP contribution in [-0.4, -0.2) is 56.4 Å². The Hall–Kier alpha value is -1.05. The highest BCUT2D eigenvalue weighted by Gasteiger charge is 2.68. The molecule has 0 spiro atoms. The summed E-state index contributed by atoms with van der Waals surface area (Å²) in [4.78, 5) is 13.6. The first-order chi connectivity index (χ1) is 16.5. The smallest absolute Gasteiger partial charge is 0.163 e. The number of allylic oxidation sites excluding steroid dienone is 2. The van der Waals surface area contributed by atoms with Crippen LogP contribution in [-0.2, 0) is 14.3 Å². The molecule has 2 saturated carbocycles. The third-order valence-corrected chi connectivity index (χ3v) is 10.8. The maximum absolute atomic E-state index is 13.6. The molecule has 0 aromatic heterocycles. The van der Waals surface area contributed by atoms with E-state index in [-0.39, 0.29) is 29.8 Å². The molecule has 4 aliphatic carbocycles. The number of aliphatic hydroxyl groups is 3. The van der Waals surface area contributed by atoms with Gasteiger partial charge in [-0.15, -0.1) is 0 Å². The van der Waals surface area contributed by atoms with Crippen molar-refractivity contribution in [3.05, 3.63) is 23.3 Å². The van der Waals surface area contributed by atoms with Crippen molar-refractivity contribution >= 4 is 5.78 Å². The molecule has 36 heavy (non-hydrogen) atoms. The SMILES string of the molecule is CC(C)CC[C@@H](O)[C@](C)(O)C1CC[C@@]2(O)C3=CC(=O)C4C[C@H]5OC(C)(C)O[C@H]5CC4(C)C3=CCC12C. The first kappa shape index (κ1) is 26.6. The normalized spacial score (nSPS) is 45.7. The van der Waals surface area contributed by atoms with E-state index < -0.39 is 33.9 Å². The summed E-state index contributed by atoms with van der Waals surface area (Å²) in [5.41, 5.74) is -1.87. The summed E-state index contributed by atoms with van der Waals surface area (Å²) in [6.45, 7) is 14.0. The maximum atomic E-state index is 13.6. The summed E-state index contributed by atoms with van der Waals surface area (Å²) in [6, 6.07) is 0. The molecule has 9 atom stereocenters. The predicted molar refractivity (Wildman–Crippen MR) is 137 cm³/mol. The molecule has 202 valence electrons. The van der Waals surface area contributed by atoms with Crippen molar-refractivity contribution in [2.75, 3.05) is 0 Å². The minimum absolute atomic E-state index is 0.0567. The van der Waals surface area contributed by atoms with Crippen LogP contribution < -0.4 is 0 Å². The maximum Gasteiger partial charge on any atom is 0.163 e. The Balaban J connectivity index is 1.49. The molecule has 4 unspecified atom stereocenters. The Bertz CT molecular complexity index is 993. The van der Waals surface area contributed by atoms with E-state index in [1.54, 1.807) is 13.0 Å². The largest absolute Gasteiger partial charge is 0.390 e. The van der Waals surface area contributed by atoms with Gasteiger partial charge in [-0.3, -0.25) is 4.79 Å². The lowest BCUT2D eigenvalue weighted by Gasteiger charge is -2.57. The van der Waals surface area contributed by atoms with Crippen LogP contribution in [0.3, 0.4) is 0 Å². The van der Waals surface area contributed by atoms with Gasteiger partial charge in [0.25, 0.3) is 0 Å². The molecule has 0 radical (unpaired) electrons. The Labute approximate surface area is 216 Å². The van der Waals surface area contributed by atoms with E-state index in [0.29, 0.717) is 44.4 Å². The van der Waals surface area contributed by atoms with Gasteiger partial charge in [-0.2, -0.15) is 0 Å². The fraction of sp³-hybridized carbons (Fsp3) is 0.833. The fourth-order valence-electron chi connectivity index (χ4n) is 8.64. The predicted octanol–water partition coefficient (Wildman–Crippen LogP) is 4.46. The molecular formula is C30H46O6. The fourth-order valence-corrected chi connectivity index (χ4v) is 8.64. The van der Waals surface area contributed by atoms with Crippen LogP contribution in [0.2, 0.25) is 0 Å². The van der Waals surface area contributed by atoms with Crippen molar-refractivity contribution in [2.45, 2.75) is 129 Å². The Morgan fingerprint density at radius 3 is 2.44 bits per heavy atom. The molecule has 5 aliphatic rings. The van der Waals surface area contributed by atoms with Gasteiger partial charge in [0.15, 0.2) is 11.6 Å². The van der Waals surface area contributed by atoms with Crippen molar-refractivity contribution in [1.82, 2.24) is 0 Å². The molecule has 0 bridgehead atoms. The average molecular weight is 503 g/mol. The zero-order chi connectivity index (χ0) is 26.5. The molecule has 0 amide bonds. The third kappa shape index (κ3) is 3.65. The average Bonchev–Trinajstić information content (AvgIpc) is 3.22. The van der Waals surface area contributed by atoms with Crippen molar-refractivity contribution in [2.24, 2.45) is 28.6 Å². The number of rotatable bonds is 5. The highest BCUT2D eigenvalue weighted by atomic mass is 16.7. The van der Waals surface area contributed by atoms with Crippen molar-refractivity contribution in [3.8, 4) is 0 Å². The van der Waals surface area contributed by atoms with E-state index in [4.69, 9.17) is 9.47 Å². The van der Waals surface area contributed by atoms with E-state index in [0.717, 1.165) is 17.6 Å². The Morgan fingerprint density at radius 2 is 1.78 bits per heavy atom. The lowest BCUT2D eigenvalue weighted by atomic mass is 9.49. The van der Waals surface area contributed by atoms with Gasteiger partial charge in [-0.25, -0.2) is 0 Å². The van der Waals surface area contributed by atoms with E-state index in [1.807, 2.05) is 20.8 Å². The van der Waals surface area contributed by atoms with Gasteiger partial charge in [-0.1, -0.05) is 33.8 Å². The van der Waals surface area contributed by atoms with Crippen LogP contribution in [0.5, 0.6) is 0 Å². The molecule has 1 aliphatic heterocycles. The summed E-state index contributed by atoms with van der Waals surface area (Å²) in [6.07, 6.45) is 7.22. The summed E-state index contributed by atoms with van der Waals surface area (Å²) in [7, 11) is 0. The number of aliphatic hydroxyl groups excluding tert-OH is 1. The molecular weight excluding hydrogens is 456 g/mol.